The highest BCUT2D eigenvalue weighted by Crippen LogP contribution is 2.36. The minimum absolute atomic E-state index is 0.256. The maximum Gasteiger partial charge on any atom is 0.416 e. The van der Waals surface area contributed by atoms with Crippen molar-refractivity contribution in [2.24, 2.45) is 0 Å². The van der Waals surface area contributed by atoms with Gasteiger partial charge < -0.3 is 5.32 Å². The van der Waals surface area contributed by atoms with E-state index in [1.165, 1.54) is 23.7 Å². The monoisotopic (exact) mass is 389 g/mol. The predicted molar refractivity (Wildman–Crippen MR) is 93.2 cm³/mol. The summed E-state index contributed by atoms with van der Waals surface area (Å²) in [5.41, 5.74) is -0.0989. The van der Waals surface area contributed by atoms with E-state index in [1.54, 1.807) is 5.38 Å². The normalized spacial score (nSPS) is 13.2. The number of hydrogen-bond acceptors (Lipinski definition) is 5. The van der Waals surface area contributed by atoms with Gasteiger partial charge in [-0.1, -0.05) is 17.7 Å². The van der Waals surface area contributed by atoms with Gasteiger partial charge in [-0.15, -0.1) is 24.0 Å². The number of halogens is 4. The van der Waals surface area contributed by atoms with Gasteiger partial charge in [0.05, 0.1) is 22.0 Å². The quantitative estimate of drug-likeness (QED) is 0.554. The Balaban J connectivity index is 1.92. The van der Waals surface area contributed by atoms with Crippen LogP contribution in [0.15, 0.2) is 34.8 Å². The van der Waals surface area contributed by atoms with E-state index in [0.29, 0.717) is 21.8 Å². The van der Waals surface area contributed by atoms with Crippen LogP contribution in [-0.2, 0) is 6.18 Å². The Morgan fingerprint density at radius 3 is 2.71 bits per heavy atom. The number of nitrogens with one attached hydrogen (secondary N) is 1. The first kappa shape index (κ1) is 17.3. The van der Waals surface area contributed by atoms with Crippen LogP contribution < -0.4 is 5.32 Å². The molecule has 1 atom stereocenters. The van der Waals surface area contributed by atoms with E-state index in [1.807, 2.05) is 6.92 Å². The minimum atomic E-state index is -4.39. The van der Waals surface area contributed by atoms with Crippen molar-refractivity contribution in [3.63, 3.8) is 0 Å². The van der Waals surface area contributed by atoms with Gasteiger partial charge in [0.15, 0.2) is 0 Å². The van der Waals surface area contributed by atoms with Crippen molar-refractivity contribution in [1.29, 1.82) is 0 Å². The standard InChI is InChI=1S/C15H11ClF3N3S2/c1-7(9-3-2-8(4-11(9)23)15(17,18)19)22-13-12-10(16)5-24-14(12)21-6-20-13/h2-7,23H,1H3,(H,20,21,22)/t7-/m0/s1. The first-order chi connectivity index (χ1) is 11.3. The Hall–Kier alpha value is -1.51. The molecule has 24 heavy (non-hydrogen) atoms. The second kappa shape index (κ2) is 6.42. The highest BCUT2D eigenvalue weighted by molar-refractivity contribution is 7.80. The van der Waals surface area contributed by atoms with E-state index in [-0.39, 0.29) is 10.9 Å². The topological polar surface area (TPSA) is 37.8 Å². The van der Waals surface area contributed by atoms with Crippen LogP contribution in [0.1, 0.15) is 24.1 Å². The van der Waals surface area contributed by atoms with Crippen LogP contribution in [0.3, 0.4) is 0 Å². The van der Waals surface area contributed by atoms with Crippen LogP contribution in [0.4, 0.5) is 19.0 Å². The van der Waals surface area contributed by atoms with Gasteiger partial charge in [0.2, 0.25) is 0 Å². The van der Waals surface area contributed by atoms with Crippen molar-refractivity contribution in [3.05, 3.63) is 46.1 Å². The van der Waals surface area contributed by atoms with Crippen molar-refractivity contribution >= 4 is 51.6 Å². The molecule has 0 amide bonds. The number of nitrogens with zero attached hydrogens (tertiary/aromatic N) is 2. The Morgan fingerprint density at radius 1 is 1.29 bits per heavy atom. The first-order valence-corrected chi connectivity index (χ1v) is 8.52. The van der Waals surface area contributed by atoms with E-state index in [0.717, 1.165) is 17.0 Å². The van der Waals surface area contributed by atoms with Crippen LogP contribution in [0.25, 0.3) is 10.2 Å². The van der Waals surface area contributed by atoms with E-state index in [4.69, 9.17) is 11.6 Å². The van der Waals surface area contributed by atoms with Crippen LogP contribution in [-0.4, -0.2) is 9.97 Å². The van der Waals surface area contributed by atoms with Gasteiger partial charge in [-0.25, -0.2) is 9.97 Å². The number of fused-ring (bicyclic) bond motifs is 1. The number of rotatable bonds is 3. The molecule has 3 aromatic rings. The first-order valence-electron chi connectivity index (χ1n) is 6.81. The third-order valence-electron chi connectivity index (χ3n) is 3.50. The highest BCUT2D eigenvalue weighted by Gasteiger charge is 2.31. The molecule has 0 radical (unpaired) electrons. The zero-order chi connectivity index (χ0) is 17.5. The lowest BCUT2D eigenvalue weighted by atomic mass is 10.1. The summed E-state index contributed by atoms with van der Waals surface area (Å²) in [5.74, 6) is 0.534. The Morgan fingerprint density at radius 2 is 2.04 bits per heavy atom. The Bertz CT molecular complexity index is 895. The number of hydrogen-bond donors (Lipinski definition) is 2. The summed E-state index contributed by atoms with van der Waals surface area (Å²) in [6.45, 7) is 1.82. The van der Waals surface area contributed by atoms with E-state index in [2.05, 4.69) is 27.9 Å². The summed E-state index contributed by atoms with van der Waals surface area (Å²) in [5, 5.41) is 6.16. The molecule has 0 aliphatic carbocycles. The second-order valence-electron chi connectivity index (χ2n) is 5.12. The molecule has 0 aliphatic rings. The summed E-state index contributed by atoms with van der Waals surface area (Å²) < 4.78 is 38.3. The molecule has 0 spiro atoms. The molecule has 1 aromatic carbocycles. The largest absolute Gasteiger partial charge is 0.416 e. The molecule has 1 N–H and O–H groups in total. The number of thiophene rings is 1. The summed E-state index contributed by atoms with van der Waals surface area (Å²) >= 11 is 11.7. The minimum Gasteiger partial charge on any atom is -0.363 e. The number of thiol groups is 1. The average molecular weight is 390 g/mol. The van der Waals surface area contributed by atoms with Crippen LogP contribution in [0.2, 0.25) is 5.02 Å². The van der Waals surface area contributed by atoms with Gasteiger partial charge >= 0.3 is 6.18 Å². The van der Waals surface area contributed by atoms with Gasteiger partial charge in [0, 0.05) is 10.3 Å². The third kappa shape index (κ3) is 3.31. The number of anilines is 1. The summed E-state index contributed by atoms with van der Waals surface area (Å²) in [7, 11) is 0. The maximum atomic E-state index is 12.8. The fraction of sp³-hybridized carbons (Fsp3) is 0.200. The zero-order valence-electron chi connectivity index (χ0n) is 12.2. The molecule has 3 nitrogen and oxygen atoms in total. The van der Waals surface area contributed by atoms with E-state index >= 15 is 0 Å². The predicted octanol–water partition coefficient (Wildman–Crippen LogP) is 5.83. The zero-order valence-corrected chi connectivity index (χ0v) is 14.7. The van der Waals surface area contributed by atoms with Gasteiger partial charge in [-0.05, 0) is 24.6 Å². The molecule has 3 rings (SSSR count). The van der Waals surface area contributed by atoms with Gasteiger partial charge in [-0.2, -0.15) is 13.2 Å². The SMILES string of the molecule is C[C@H](Nc1ncnc2scc(Cl)c12)c1ccc(C(F)(F)F)cc1S. The van der Waals surface area contributed by atoms with Crippen LogP contribution >= 0.6 is 35.6 Å². The van der Waals surface area contributed by atoms with E-state index in [9.17, 15) is 13.2 Å². The van der Waals surface area contributed by atoms with Gasteiger partial charge in [-0.3, -0.25) is 0 Å². The molecule has 0 unspecified atom stereocenters. The summed E-state index contributed by atoms with van der Waals surface area (Å²) in [6, 6.07) is 3.16. The fourth-order valence-electron chi connectivity index (χ4n) is 2.32. The van der Waals surface area contributed by atoms with Crippen molar-refractivity contribution in [1.82, 2.24) is 9.97 Å². The molecule has 2 aromatic heterocycles. The molecule has 2 heterocycles. The maximum absolute atomic E-state index is 12.8. The van der Waals surface area contributed by atoms with Gasteiger partial charge in [0.1, 0.15) is 17.0 Å². The summed E-state index contributed by atoms with van der Waals surface area (Å²) in [6.07, 6.45) is -2.98. The van der Waals surface area contributed by atoms with Crippen molar-refractivity contribution < 1.29 is 13.2 Å². The lowest BCUT2D eigenvalue weighted by molar-refractivity contribution is -0.137. The molecule has 0 saturated heterocycles. The molecule has 0 saturated carbocycles. The molecule has 0 fully saturated rings. The number of alkyl halides is 3. The average Bonchev–Trinajstić information content (AvgIpc) is 2.88. The molecule has 126 valence electrons. The van der Waals surface area contributed by atoms with Crippen LogP contribution in [0, 0.1) is 0 Å². The number of benzene rings is 1. The summed E-state index contributed by atoms with van der Waals surface area (Å²) in [4.78, 5) is 9.32. The van der Waals surface area contributed by atoms with Crippen molar-refractivity contribution in [2.75, 3.05) is 5.32 Å². The van der Waals surface area contributed by atoms with Crippen molar-refractivity contribution in [2.45, 2.75) is 24.0 Å². The Kier molecular flexibility index (Phi) is 4.63. The number of aromatic nitrogens is 2. The van der Waals surface area contributed by atoms with Crippen LogP contribution in [0.5, 0.6) is 0 Å². The highest BCUT2D eigenvalue weighted by atomic mass is 35.5. The smallest absolute Gasteiger partial charge is 0.363 e. The second-order valence-corrected chi connectivity index (χ2v) is 6.87. The molecule has 0 aliphatic heterocycles. The van der Waals surface area contributed by atoms with Crippen molar-refractivity contribution in [3.8, 4) is 0 Å². The molecule has 0 bridgehead atoms. The Labute approximate surface area is 150 Å². The molecular weight excluding hydrogens is 379 g/mol. The van der Waals surface area contributed by atoms with Gasteiger partial charge in [0.25, 0.3) is 0 Å². The lowest BCUT2D eigenvalue weighted by Crippen LogP contribution is -2.11. The fourth-order valence-corrected chi connectivity index (χ4v) is 3.86. The molecular formula is C15H11ClF3N3S2. The van der Waals surface area contributed by atoms with E-state index < -0.39 is 11.7 Å². The molecule has 9 heteroatoms. The third-order valence-corrected chi connectivity index (χ3v) is 5.20. The lowest BCUT2D eigenvalue weighted by Gasteiger charge is -2.18.